The van der Waals surface area contributed by atoms with Crippen molar-refractivity contribution in [1.82, 2.24) is 0 Å². The van der Waals surface area contributed by atoms with E-state index in [1.54, 1.807) is 48.5 Å². The summed E-state index contributed by atoms with van der Waals surface area (Å²) < 4.78 is 61.0. The molecule has 2 aromatic carbocycles. The van der Waals surface area contributed by atoms with Crippen LogP contribution < -0.4 is 0 Å². The van der Waals surface area contributed by atoms with Crippen LogP contribution in [0.15, 0.2) is 58.3 Å². The second kappa shape index (κ2) is 9.60. The average Bonchev–Trinajstić information content (AvgIpc) is 2.66. The van der Waals surface area contributed by atoms with Crippen molar-refractivity contribution < 1.29 is 25.2 Å². The van der Waals surface area contributed by atoms with Crippen molar-refractivity contribution in [3.8, 4) is 0 Å². The van der Waals surface area contributed by atoms with Crippen LogP contribution in [0.4, 0.5) is 0 Å². The molecule has 0 heterocycles. The minimum absolute atomic E-state index is 0.153. The fourth-order valence-electron chi connectivity index (χ4n) is 3.51. The van der Waals surface area contributed by atoms with Gasteiger partial charge in [-0.2, -0.15) is 16.8 Å². The summed E-state index contributed by atoms with van der Waals surface area (Å²) in [5, 5.41) is 0. The topological polar surface area (TPSA) is 86.7 Å². The van der Waals surface area contributed by atoms with E-state index in [-0.39, 0.29) is 9.79 Å². The Labute approximate surface area is 179 Å². The van der Waals surface area contributed by atoms with Crippen LogP contribution in [0.25, 0.3) is 0 Å². The van der Waals surface area contributed by atoms with Crippen molar-refractivity contribution in [2.45, 2.75) is 74.4 Å². The summed E-state index contributed by atoms with van der Waals surface area (Å²) in [6.07, 6.45) is 2.58. The molecule has 1 aliphatic carbocycles. The Kier molecular flexibility index (Phi) is 7.34. The van der Waals surface area contributed by atoms with Gasteiger partial charge in [0.1, 0.15) is 0 Å². The highest BCUT2D eigenvalue weighted by atomic mass is 32.2. The van der Waals surface area contributed by atoms with Crippen molar-refractivity contribution in [3.05, 3.63) is 59.7 Å². The molecule has 164 valence electrons. The number of rotatable bonds is 6. The van der Waals surface area contributed by atoms with Gasteiger partial charge in [-0.1, -0.05) is 35.4 Å². The Bertz CT molecular complexity index is 946. The molecule has 0 bridgehead atoms. The minimum atomic E-state index is -3.81. The SMILES string of the molecule is Cc1ccc(S(=O)(=O)O[C@H]2CCC[C@@H](OS(=O)(=O)c3ccc(C)cc3)CCC2)cc1. The van der Waals surface area contributed by atoms with Crippen LogP contribution in [-0.2, 0) is 28.6 Å². The van der Waals surface area contributed by atoms with Crippen molar-refractivity contribution >= 4 is 20.2 Å². The quantitative estimate of drug-likeness (QED) is 0.600. The van der Waals surface area contributed by atoms with Crippen LogP contribution in [-0.4, -0.2) is 29.0 Å². The monoisotopic (exact) mass is 452 g/mol. The number of hydrogen-bond donors (Lipinski definition) is 0. The predicted molar refractivity (Wildman–Crippen MR) is 114 cm³/mol. The first-order valence-corrected chi connectivity index (χ1v) is 13.0. The molecule has 2 aromatic rings. The molecule has 0 aromatic heterocycles. The van der Waals surface area contributed by atoms with Gasteiger partial charge in [0.2, 0.25) is 0 Å². The van der Waals surface area contributed by atoms with E-state index in [1.165, 1.54) is 0 Å². The van der Waals surface area contributed by atoms with Gasteiger partial charge < -0.3 is 0 Å². The van der Waals surface area contributed by atoms with E-state index in [0.29, 0.717) is 38.5 Å². The largest absolute Gasteiger partial charge is 0.297 e. The zero-order chi connectivity index (χ0) is 21.8. The molecule has 1 fully saturated rings. The van der Waals surface area contributed by atoms with Crippen LogP contribution in [0, 0.1) is 13.8 Å². The van der Waals surface area contributed by atoms with Crippen LogP contribution in [0.2, 0.25) is 0 Å². The summed E-state index contributed by atoms with van der Waals surface area (Å²) in [6, 6.07) is 13.2. The van der Waals surface area contributed by atoms with E-state index in [2.05, 4.69) is 0 Å². The highest BCUT2D eigenvalue weighted by Crippen LogP contribution is 2.27. The maximum Gasteiger partial charge on any atom is 0.297 e. The van der Waals surface area contributed by atoms with Gasteiger partial charge in [0.05, 0.1) is 22.0 Å². The van der Waals surface area contributed by atoms with Crippen LogP contribution >= 0.6 is 0 Å². The third-order valence-electron chi connectivity index (χ3n) is 5.25. The van der Waals surface area contributed by atoms with E-state index in [0.717, 1.165) is 11.1 Å². The highest BCUT2D eigenvalue weighted by molar-refractivity contribution is 7.87. The Hall–Kier alpha value is -1.74. The third-order valence-corrected chi connectivity index (χ3v) is 8.00. The van der Waals surface area contributed by atoms with Gasteiger partial charge in [-0.25, -0.2) is 0 Å². The van der Waals surface area contributed by atoms with E-state index < -0.39 is 32.4 Å². The summed E-state index contributed by atoms with van der Waals surface area (Å²) in [5.41, 5.74) is 1.96. The predicted octanol–water partition coefficient (Wildman–Crippen LogP) is 4.51. The fraction of sp³-hybridized carbons (Fsp3) is 0.455. The lowest BCUT2D eigenvalue weighted by Crippen LogP contribution is -2.25. The minimum Gasteiger partial charge on any atom is -0.263 e. The molecule has 1 aliphatic rings. The Morgan fingerprint density at radius 1 is 0.600 bits per heavy atom. The zero-order valence-electron chi connectivity index (χ0n) is 17.3. The molecule has 0 atom stereocenters. The van der Waals surface area contributed by atoms with Gasteiger partial charge in [-0.3, -0.25) is 8.37 Å². The first-order valence-electron chi connectivity index (χ1n) is 10.2. The lowest BCUT2D eigenvalue weighted by atomic mass is 9.97. The van der Waals surface area contributed by atoms with E-state index >= 15 is 0 Å². The van der Waals surface area contributed by atoms with Gasteiger partial charge in [0, 0.05) is 0 Å². The lowest BCUT2D eigenvalue weighted by Gasteiger charge is -2.24. The molecule has 30 heavy (non-hydrogen) atoms. The molecule has 0 unspecified atom stereocenters. The summed E-state index contributed by atoms with van der Waals surface area (Å²) in [7, 11) is -7.63. The molecular weight excluding hydrogens is 424 g/mol. The van der Waals surface area contributed by atoms with Crippen LogP contribution in [0.1, 0.15) is 49.7 Å². The molecule has 0 N–H and O–H groups in total. The maximum absolute atomic E-state index is 12.5. The van der Waals surface area contributed by atoms with Crippen LogP contribution in [0.5, 0.6) is 0 Å². The maximum atomic E-state index is 12.5. The van der Waals surface area contributed by atoms with Gasteiger partial charge in [0.15, 0.2) is 0 Å². The molecule has 3 rings (SSSR count). The Morgan fingerprint density at radius 2 is 0.900 bits per heavy atom. The fourth-order valence-corrected chi connectivity index (χ4v) is 5.77. The third kappa shape index (κ3) is 6.14. The molecule has 8 heteroatoms. The smallest absolute Gasteiger partial charge is 0.263 e. The van der Waals surface area contributed by atoms with Crippen molar-refractivity contribution in [3.63, 3.8) is 0 Å². The Balaban J connectivity index is 1.56. The second-order valence-electron chi connectivity index (χ2n) is 7.83. The Morgan fingerprint density at radius 3 is 1.20 bits per heavy atom. The first kappa shape index (κ1) is 22.9. The summed E-state index contributed by atoms with van der Waals surface area (Å²) >= 11 is 0. The molecule has 0 spiro atoms. The van der Waals surface area contributed by atoms with E-state index in [9.17, 15) is 16.8 Å². The number of hydrogen-bond acceptors (Lipinski definition) is 6. The summed E-state index contributed by atoms with van der Waals surface area (Å²) in [6.45, 7) is 3.78. The highest BCUT2D eigenvalue weighted by Gasteiger charge is 2.27. The van der Waals surface area contributed by atoms with E-state index in [1.807, 2.05) is 13.8 Å². The van der Waals surface area contributed by atoms with Gasteiger partial charge in [-0.15, -0.1) is 0 Å². The first-order chi connectivity index (χ1) is 14.2. The summed E-state index contributed by atoms with van der Waals surface area (Å²) in [5.74, 6) is 0. The number of benzene rings is 2. The molecule has 0 saturated heterocycles. The summed E-state index contributed by atoms with van der Waals surface area (Å²) in [4.78, 5) is 0.307. The molecule has 1 saturated carbocycles. The van der Waals surface area contributed by atoms with Gasteiger partial charge >= 0.3 is 0 Å². The molecule has 0 radical (unpaired) electrons. The second-order valence-corrected chi connectivity index (χ2v) is 11.0. The molecule has 0 amide bonds. The van der Waals surface area contributed by atoms with Crippen molar-refractivity contribution in [2.24, 2.45) is 0 Å². The zero-order valence-corrected chi connectivity index (χ0v) is 18.9. The van der Waals surface area contributed by atoms with Gasteiger partial charge in [0.25, 0.3) is 20.2 Å². The van der Waals surface area contributed by atoms with E-state index in [4.69, 9.17) is 8.37 Å². The van der Waals surface area contributed by atoms with Crippen molar-refractivity contribution in [2.75, 3.05) is 0 Å². The molecular formula is C22H28O6S2. The molecule has 6 nitrogen and oxygen atoms in total. The lowest BCUT2D eigenvalue weighted by molar-refractivity contribution is 0.128. The average molecular weight is 453 g/mol. The molecule has 0 aliphatic heterocycles. The normalized spacial score (nSPS) is 21.0. The van der Waals surface area contributed by atoms with Crippen molar-refractivity contribution in [1.29, 1.82) is 0 Å². The number of aryl methyl sites for hydroxylation is 2. The standard InChI is InChI=1S/C22H28O6S2/c1-17-9-13-21(14-10-17)29(23,24)27-19-5-3-7-20(8-4-6-19)28-30(25,26)22-15-11-18(2)12-16-22/h9-16,19-20H,3-8H2,1-2H3/t19-,20+. The van der Waals surface area contributed by atoms with Gasteiger partial charge in [-0.05, 0) is 76.6 Å². The van der Waals surface area contributed by atoms with Crippen LogP contribution in [0.3, 0.4) is 0 Å².